The summed E-state index contributed by atoms with van der Waals surface area (Å²) in [6.07, 6.45) is 1.39. The molecular formula is C17H20N2O4S. The second kappa shape index (κ2) is 7.83. The third-order valence-corrected chi connectivity index (χ3v) is 4.46. The first-order valence-electron chi connectivity index (χ1n) is 7.38. The molecule has 0 bridgehead atoms. The number of hydrogen-bond acceptors (Lipinski definition) is 5. The lowest BCUT2D eigenvalue weighted by molar-refractivity contribution is 0.338. The SMILES string of the molecule is CCOc1ccc(OC)cc1/C=N\NS(=O)(=O)c1ccc(C)cc1. The molecule has 0 atom stereocenters. The number of hydrazone groups is 1. The van der Waals surface area contributed by atoms with Crippen molar-refractivity contribution in [2.75, 3.05) is 13.7 Å². The van der Waals surface area contributed by atoms with Crippen LogP contribution in [0.25, 0.3) is 0 Å². The minimum absolute atomic E-state index is 0.154. The van der Waals surface area contributed by atoms with Crippen molar-refractivity contribution in [1.29, 1.82) is 0 Å². The average Bonchev–Trinajstić information content (AvgIpc) is 2.56. The van der Waals surface area contributed by atoms with Crippen LogP contribution in [-0.4, -0.2) is 28.3 Å². The summed E-state index contributed by atoms with van der Waals surface area (Å²) in [5, 5.41) is 3.83. The molecule has 0 unspecified atom stereocenters. The van der Waals surface area contributed by atoms with E-state index in [1.54, 1.807) is 37.4 Å². The summed E-state index contributed by atoms with van der Waals surface area (Å²) in [6.45, 7) is 4.24. The van der Waals surface area contributed by atoms with E-state index in [1.807, 2.05) is 13.8 Å². The molecule has 0 aliphatic carbocycles. The number of sulfonamides is 1. The van der Waals surface area contributed by atoms with Gasteiger partial charge in [0.15, 0.2) is 0 Å². The van der Waals surface area contributed by atoms with E-state index in [-0.39, 0.29) is 4.90 Å². The van der Waals surface area contributed by atoms with Crippen molar-refractivity contribution in [3.8, 4) is 11.5 Å². The maximum Gasteiger partial charge on any atom is 0.276 e. The maximum absolute atomic E-state index is 12.2. The van der Waals surface area contributed by atoms with E-state index >= 15 is 0 Å². The zero-order valence-electron chi connectivity index (χ0n) is 13.8. The van der Waals surface area contributed by atoms with Gasteiger partial charge in [-0.1, -0.05) is 17.7 Å². The number of aryl methyl sites for hydroxylation is 1. The first-order chi connectivity index (χ1) is 11.5. The van der Waals surface area contributed by atoms with Crippen LogP contribution < -0.4 is 14.3 Å². The van der Waals surface area contributed by atoms with E-state index < -0.39 is 10.0 Å². The minimum atomic E-state index is -3.71. The lowest BCUT2D eigenvalue weighted by Crippen LogP contribution is -2.18. The van der Waals surface area contributed by atoms with Gasteiger partial charge >= 0.3 is 0 Å². The van der Waals surface area contributed by atoms with Gasteiger partial charge in [0.25, 0.3) is 10.0 Å². The van der Waals surface area contributed by atoms with Crippen molar-refractivity contribution in [2.24, 2.45) is 5.10 Å². The average molecular weight is 348 g/mol. The summed E-state index contributed by atoms with van der Waals surface area (Å²) in [4.78, 5) is 2.35. The van der Waals surface area contributed by atoms with Gasteiger partial charge in [0, 0.05) is 5.56 Å². The number of nitrogens with zero attached hydrogens (tertiary/aromatic N) is 1. The molecule has 0 aromatic heterocycles. The molecular weight excluding hydrogens is 328 g/mol. The molecule has 0 saturated heterocycles. The van der Waals surface area contributed by atoms with E-state index in [0.29, 0.717) is 23.7 Å². The second-order valence-electron chi connectivity index (χ2n) is 5.00. The van der Waals surface area contributed by atoms with Crippen molar-refractivity contribution in [3.63, 3.8) is 0 Å². The van der Waals surface area contributed by atoms with Gasteiger partial charge in [0.1, 0.15) is 11.5 Å². The zero-order valence-corrected chi connectivity index (χ0v) is 14.6. The highest BCUT2D eigenvalue weighted by Crippen LogP contribution is 2.22. The quantitative estimate of drug-likeness (QED) is 0.616. The summed E-state index contributed by atoms with van der Waals surface area (Å²) in [5.74, 6) is 1.22. The Hall–Kier alpha value is -2.54. The number of methoxy groups -OCH3 is 1. The van der Waals surface area contributed by atoms with Crippen molar-refractivity contribution in [1.82, 2.24) is 4.83 Å². The van der Waals surface area contributed by atoms with Crippen LogP contribution in [0.15, 0.2) is 52.5 Å². The number of benzene rings is 2. The predicted molar refractivity (Wildman–Crippen MR) is 93.3 cm³/mol. The summed E-state index contributed by atoms with van der Waals surface area (Å²) < 4.78 is 35.0. The normalized spacial score (nSPS) is 11.5. The Morgan fingerprint density at radius 1 is 1.17 bits per heavy atom. The zero-order chi connectivity index (χ0) is 17.6. The van der Waals surface area contributed by atoms with Gasteiger partial charge in [-0.3, -0.25) is 0 Å². The summed E-state index contributed by atoms with van der Waals surface area (Å²) in [7, 11) is -2.16. The lowest BCUT2D eigenvalue weighted by atomic mass is 10.2. The number of nitrogens with one attached hydrogen (secondary N) is 1. The maximum atomic E-state index is 12.2. The molecule has 2 rings (SSSR count). The number of ether oxygens (including phenoxy) is 2. The van der Waals surface area contributed by atoms with Crippen LogP contribution in [0.1, 0.15) is 18.1 Å². The van der Waals surface area contributed by atoms with Gasteiger partial charge in [-0.25, -0.2) is 4.83 Å². The van der Waals surface area contributed by atoms with Gasteiger partial charge in [-0.2, -0.15) is 13.5 Å². The van der Waals surface area contributed by atoms with Crippen molar-refractivity contribution < 1.29 is 17.9 Å². The molecule has 0 amide bonds. The molecule has 128 valence electrons. The first kappa shape index (κ1) is 17.8. The Morgan fingerprint density at radius 2 is 1.88 bits per heavy atom. The smallest absolute Gasteiger partial charge is 0.276 e. The van der Waals surface area contributed by atoms with Crippen LogP contribution in [0.4, 0.5) is 0 Å². The fraction of sp³-hybridized carbons (Fsp3) is 0.235. The highest BCUT2D eigenvalue weighted by Gasteiger charge is 2.12. The highest BCUT2D eigenvalue weighted by molar-refractivity contribution is 7.89. The lowest BCUT2D eigenvalue weighted by Gasteiger charge is -2.09. The number of hydrogen-bond donors (Lipinski definition) is 1. The Bertz CT molecular complexity index is 815. The predicted octanol–water partition coefficient (Wildman–Crippen LogP) is 2.71. The van der Waals surface area contributed by atoms with Crippen LogP contribution >= 0.6 is 0 Å². The molecule has 0 radical (unpaired) electrons. The molecule has 24 heavy (non-hydrogen) atoms. The largest absolute Gasteiger partial charge is 0.497 e. The van der Waals surface area contributed by atoms with E-state index in [9.17, 15) is 8.42 Å². The molecule has 0 heterocycles. The van der Waals surface area contributed by atoms with Crippen LogP contribution in [-0.2, 0) is 10.0 Å². The Morgan fingerprint density at radius 3 is 2.50 bits per heavy atom. The fourth-order valence-corrected chi connectivity index (χ4v) is 2.77. The molecule has 0 aliphatic rings. The molecule has 1 N–H and O–H groups in total. The van der Waals surface area contributed by atoms with Crippen molar-refractivity contribution >= 4 is 16.2 Å². The summed E-state index contributed by atoms with van der Waals surface area (Å²) >= 11 is 0. The topological polar surface area (TPSA) is 77.0 Å². The molecule has 0 saturated carbocycles. The van der Waals surface area contributed by atoms with Gasteiger partial charge in [0.2, 0.25) is 0 Å². The Labute approximate surface area is 142 Å². The first-order valence-corrected chi connectivity index (χ1v) is 8.87. The standard InChI is InChI=1S/C17H20N2O4S/c1-4-23-17-10-7-15(22-3)11-14(17)12-18-19-24(20,21)16-8-5-13(2)6-9-16/h5-12,19H,4H2,1-3H3/b18-12-. The molecule has 2 aromatic rings. The number of rotatable bonds is 7. The van der Waals surface area contributed by atoms with Gasteiger partial charge < -0.3 is 9.47 Å². The van der Waals surface area contributed by atoms with Crippen molar-refractivity contribution in [2.45, 2.75) is 18.7 Å². The second-order valence-corrected chi connectivity index (χ2v) is 6.66. The van der Waals surface area contributed by atoms with E-state index in [1.165, 1.54) is 18.3 Å². The van der Waals surface area contributed by atoms with Crippen molar-refractivity contribution in [3.05, 3.63) is 53.6 Å². The molecule has 0 aliphatic heterocycles. The summed E-state index contributed by atoms with van der Waals surface area (Å²) in [6, 6.07) is 11.8. The molecule has 2 aromatic carbocycles. The van der Waals surface area contributed by atoms with Gasteiger partial charge in [-0.05, 0) is 44.2 Å². The van der Waals surface area contributed by atoms with Crippen LogP contribution in [0, 0.1) is 6.92 Å². The third-order valence-electron chi connectivity index (χ3n) is 3.22. The Kier molecular flexibility index (Phi) is 5.81. The summed E-state index contributed by atoms with van der Waals surface area (Å²) in [5.41, 5.74) is 1.60. The van der Waals surface area contributed by atoms with E-state index in [0.717, 1.165) is 5.56 Å². The van der Waals surface area contributed by atoms with Gasteiger partial charge in [0.05, 0.1) is 24.8 Å². The van der Waals surface area contributed by atoms with E-state index in [4.69, 9.17) is 9.47 Å². The Balaban J connectivity index is 2.20. The third kappa shape index (κ3) is 4.48. The molecule has 6 nitrogen and oxygen atoms in total. The fourth-order valence-electron chi connectivity index (χ4n) is 1.98. The highest BCUT2D eigenvalue weighted by atomic mass is 32.2. The molecule has 0 spiro atoms. The van der Waals surface area contributed by atoms with Crippen LogP contribution in [0.3, 0.4) is 0 Å². The molecule has 7 heteroatoms. The monoisotopic (exact) mass is 348 g/mol. The minimum Gasteiger partial charge on any atom is -0.497 e. The van der Waals surface area contributed by atoms with E-state index in [2.05, 4.69) is 9.93 Å². The van der Waals surface area contributed by atoms with Crippen LogP contribution in [0.5, 0.6) is 11.5 Å². The molecule has 0 fully saturated rings. The van der Waals surface area contributed by atoms with Gasteiger partial charge in [-0.15, -0.1) is 0 Å². The van der Waals surface area contributed by atoms with Crippen LogP contribution in [0.2, 0.25) is 0 Å².